The number of para-hydroxylation sites is 1. The van der Waals surface area contributed by atoms with Gasteiger partial charge in [-0.15, -0.1) is 0 Å². The van der Waals surface area contributed by atoms with Crippen LogP contribution in [-0.2, 0) is 6.42 Å². The summed E-state index contributed by atoms with van der Waals surface area (Å²) in [5, 5.41) is 3.53. The lowest BCUT2D eigenvalue weighted by atomic mass is 9.74. The van der Waals surface area contributed by atoms with Gasteiger partial charge in [0.25, 0.3) is 0 Å². The summed E-state index contributed by atoms with van der Waals surface area (Å²) in [7, 11) is 0. The van der Waals surface area contributed by atoms with Crippen LogP contribution >= 0.6 is 0 Å². The highest BCUT2D eigenvalue weighted by Gasteiger charge is 2.31. The summed E-state index contributed by atoms with van der Waals surface area (Å²) in [4.78, 5) is 0. The molecule has 1 aliphatic heterocycles. The van der Waals surface area contributed by atoms with Gasteiger partial charge in [0, 0.05) is 12.2 Å². The molecule has 1 unspecified atom stereocenters. The molecule has 1 aromatic rings. The van der Waals surface area contributed by atoms with Crippen LogP contribution in [-0.4, -0.2) is 13.1 Å². The molecule has 2 heteroatoms. The molecule has 0 spiro atoms. The van der Waals surface area contributed by atoms with Crippen LogP contribution in [0.2, 0.25) is 0 Å². The van der Waals surface area contributed by atoms with E-state index < -0.39 is 0 Å². The molecule has 0 radical (unpaired) electrons. The first-order valence-corrected chi connectivity index (χ1v) is 5.81. The van der Waals surface area contributed by atoms with Crippen molar-refractivity contribution in [3.63, 3.8) is 0 Å². The summed E-state index contributed by atoms with van der Waals surface area (Å²) in [6.07, 6.45) is 3.49. The van der Waals surface area contributed by atoms with Gasteiger partial charge in [-0.05, 0) is 42.9 Å². The van der Waals surface area contributed by atoms with Gasteiger partial charge in [-0.25, -0.2) is 0 Å². The van der Waals surface area contributed by atoms with Crippen LogP contribution in [0.25, 0.3) is 0 Å². The molecule has 82 valence electrons. The molecular weight excluding hydrogens is 184 g/mol. The molecule has 0 saturated heterocycles. The average molecular weight is 204 g/mol. The topological polar surface area (TPSA) is 38.0 Å². The third-order valence-corrected chi connectivity index (χ3v) is 3.66. The summed E-state index contributed by atoms with van der Waals surface area (Å²) >= 11 is 0. The minimum Gasteiger partial charge on any atom is -0.384 e. The quantitative estimate of drug-likeness (QED) is 0.793. The summed E-state index contributed by atoms with van der Waals surface area (Å²) in [6.45, 7) is 4.13. The predicted molar refractivity (Wildman–Crippen MR) is 65.0 cm³/mol. The zero-order chi connectivity index (χ0) is 10.7. The van der Waals surface area contributed by atoms with Gasteiger partial charge in [0.1, 0.15) is 0 Å². The number of benzene rings is 1. The number of rotatable bonds is 3. The Morgan fingerprint density at radius 1 is 1.40 bits per heavy atom. The van der Waals surface area contributed by atoms with E-state index in [1.54, 1.807) is 0 Å². The Balaban J connectivity index is 2.22. The van der Waals surface area contributed by atoms with E-state index in [2.05, 4.69) is 36.5 Å². The maximum Gasteiger partial charge on any atom is 0.0373 e. The lowest BCUT2D eigenvalue weighted by molar-refractivity contribution is 0.266. The SMILES string of the molecule is CCC1(CCN)CNc2ccccc2C1. The molecule has 0 bridgehead atoms. The first-order chi connectivity index (χ1) is 7.29. The van der Waals surface area contributed by atoms with Crippen molar-refractivity contribution in [1.29, 1.82) is 0 Å². The monoisotopic (exact) mass is 204 g/mol. The molecule has 2 nitrogen and oxygen atoms in total. The average Bonchev–Trinajstić information content (AvgIpc) is 2.29. The number of nitrogens with one attached hydrogen (secondary N) is 1. The Morgan fingerprint density at radius 3 is 2.93 bits per heavy atom. The molecule has 0 saturated carbocycles. The minimum absolute atomic E-state index is 0.378. The van der Waals surface area contributed by atoms with Crippen LogP contribution in [0.5, 0.6) is 0 Å². The highest BCUT2D eigenvalue weighted by Crippen LogP contribution is 2.37. The number of hydrogen-bond acceptors (Lipinski definition) is 2. The van der Waals surface area contributed by atoms with Crippen molar-refractivity contribution >= 4 is 5.69 Å². The van der Waals surface area contributed by atoms with Gasteiger partial charge in [0.2, 0.25) is 0 Å². The van der Waals surface area contributed by atoms with Crippen LogP contribution in [0.1, 0.15) is 25.3 Å². The van der Waals surface area contributed by atoms with E-state index in [0.29, 0.717) is 5.41 Å². The molecule has 15 heavy (non-hydrogen) atoms. The molecular formula is C13H20N2. The Kier molecular flexibility index (Phi) is 2.96. The van der Waals surface area contributed by atoms with Gasteiger partial charge in [0.15, 0.2) is 0 Å². The van der Waals surface area contributed by atoms with Crippen molar-refractivity contribution in [3.05, 3.63) is 29.8 Å². The Morgan fingerprint density at radius 2 is 2.20 bits per heavy atom. The lowest BCUT2D eigenvalue weighted by Gasteiger charge is -2.38. The highest BCUT2D eigenvalue weighted by atomic mass is 14.9. The van der Waals surface area contributed by atoms with E-state index >= 15 is 0 Å². The van der Waals surface area contributed by atoms with Gasteiger partial charge >= 0.3 is 0 Å². The molecule has 2 rings (SSSR count). The molecule has 0 aromatic heterocycles. The molecule has 0 amide bonds. The van der Waals surface area contributed by atoms with Crippen molar-refractivity contribution in [3.8, 4) is 0 Å². The molecule has 0 aliphatic carbocycles. The molecule has 1 aliphatic rings. The van der Waals surface area contributed by atoms with Gasteiger partial charge in [-0.1, -0.05) is 25.1 Å². The standard InChI is InChI=1S/C13H20N2/c1-2-13(7-8-14)9-11-5-3-4-6-12(11)15-10-13/h3-6,15H,2,7-10,14H2,1H3. The highest BCUT2D eigenvalue weighted by molar-refractivity contribution is 5.53. The second-order valence-electron chi connectivity index (χ2n) is 4.58. The molecule has 3 N–H and O–H groups in total. The van der Waals surface area contributed by atoms with E-state index in [1.807, 2.05) is 0 Å². The van der Waals surface area contributed by atoms with Crippen LogP contribution in [0.4, 0.5) is 5.69 Å². The fraction of sp³-hybridized carbons (Fsp3) is 0.538. The Hall–Kier alpha value is -1.02. The zero-order valence-corrected chi connectivity index (χ0v) is 9.42. The molecule has 0 fully saturated rings. The van der Waals surface area contributed by atoms with Crippen molar-refractivity contribution in [2.75, 3.05) is 18.4 Å². The van der Waals surface area contributed by atoms with Crippen molar-refractivity contribution in [2.24, 2.45) is 11.1 Å². The maximum absolute atomic E-state index is 5.71. The van der Waals surface area contributed by atoms with E-state index in [9.17, 15) is 0 Å². The fourth-order valence-corrected chi connectivity index (χ4v) is 2.51. The second-order valence-corrected chi connectivity index (χ2v) is 4.58. The number of anilines is 1. The third kappa shape index (κ3) is 2.00. The van der Waals surface area contributed by atoms with Gasteiger partial charge in [0.05, 0.1) is 0 Å². The minimum atomic E-state index is 0.378. The molecule has 1 aromatic carbocycles. The summed E-state index contributed by atoms with van der Waals surface area (Å²) in [6, 6.07) is 8.60. The van der Waals surface area contributed by atoms with Gasteiger partial charge in [-0.2, -0.15) is 0 Å². The first-order valence-electron chi connectivity index (χ1n) is 5.81. The van der Waals surface area contributed by atoms with Crippen molar-refractivity contribution in [2.45, 2.75) is 26.2 Å². The van der Waals surface area contributed by atoms with Gasteiger partial charge in [-0.3, -0.25) is 0 Å². The summed E-state index contributed by atoms with van der Waals surface area (Å²) < 4.78 is 0. The molecule has 1 atom stereocenters. The molecule has 1 heterocycles. The van der Waals surface area contributed by atoms with Crippen LogP contribution in [0.15, 0.2) is 24.3 Å². The van der Waals surface area contributed by atoms with Crippen LogP contribution in [0, 0.1) is 5.41 Å². The Labute approximate surface area is 91.9 Å². The number of hydrogen-bond donors (Lipinski definition) is 2. The fourth-order valence-electron chi connectivity index (χ4n) is 2.51. The summed E-state index contributed by atoms with van der Waals surface area (Å²) in [5.41, 5.74) is 8.84. The van der Waals surface area contributed by atoms with Crippen LogP contribution in [0.3, 0.4) is 0 Å². The van der Waals surface area contributed by atoms with E-state index in [1.165, 1.54) is 24.1 Å². The largest absolute Gasteiger partial charge is 0.384 e. The van der Waals surface area contributed by atoms with E-state index in [-0.39, 0.29) is 0 Å². The predicted octanol–water partition coefficient (Wildman–Crippen LogP) is 2.40. The van der Waals surface area contributed by atoms with Crippen molar-refractivity contribution < 1.29 is 0 Å². The van der Waals surface area contributed by atoms with E-state index in [0.717, 1.165) is 19.5 Å². The number of nitrogens with two attached hydrogens (primary N) is 1. The third-order valence-electron chi connectivity index (χ3n) is 3.66. The maximum atomic E-state index is 5.71. The second kappa shape index (κ2) is 4.23. The normalized spacial score (nSPS) is 24.4. The Bertz CT molecular complexity index is 335. The first kappa shape index (κ1) is 10.5. The zero-order valence-electron chi connectivity index (χ0n) is 9.42. The van der Waals surface area contributed by atoms with Gasteiger partial charge < -0.3 is 11.1 Å². The lowest BCUT2D eigenvalue weighted by Crippen LogP contribution is -2.37. The van der Waals surface area contributed by atoms with Crippen molar-refractivity contribution in [1.82, 2.24) is 0 Å². The summed E-state index contributed by atoms with van der Waals surface area (Å²) in [5.74, 6) is 0. The van der Waals surface area contributed by atoms with E-state index in [4.69, 9.17) is 5.73 Å². The smallest absolute Gasteiger partial charge is 0.0373 e. The van der Waals surface area contributed by atoms with Crippen LogP contribution < -0.4 is 11.1 Å². The number of fused-ring (bicyclic) bond motifs is 1.